The highest BCUT2D eigenvalue weighted by Crippen LogP contribution is 2.13. The van der Waals surface area contributed by atoms with Gasteiger partial charge in [-0.1, -0.05) is 141 Å². The van der Waals surface area contributed by atoms with Gasteiger partial charge >= 0.3 is 0 Å². The second-order valence-corrected chi connectivity index (χ2v) is 11.8. The van der Waals surface area contributed by atoms with Crippen LogP contribution < -0.4 is 5.32 Å². The largest absolute Gasteiger partial charge is 0.394 e. The van der Waals surface area contributed by atoms with Gasteiger partial charge < -0.3 is 20.6 Å². The smallest absolute Gasteiger partial charge is 0.222 e. The number of carbonyl (C=O) groups excluding carboxylic acids is 1. The minimum atomic E-state index is -0.927. The molecule has 0 saturated heterocycles. The molecule has 0 aliphatic carbocycles. The first-order chi connectivity index (χ1) is 19.5. The molecule has 0 aromatic heterocycles. The fourth-order valence-electron chi connectivity index (χ4n) is 5.04. The molecular formula is C35H67NO4. The standard InChI is InChI=1S/C35H67NO4/c1-3-5-7-9-11-13-14-15-16-17-18-19-21-22-24-26-28-32(38)30-35(40)36-33(31-37)34(39)29-27-25-23-20-12-10-8-6-4-2/h18-19,27,29,32-34,37-39H,3-17,20-26,28,30-31H2,1-2H3,(H,36,40)/b19-18-,29-27+. The van der Waals surface area contributed by atoms with Crippen molar-refractivity contribution in [3.8, 4) is 0 Å². The molecule has 0 aromatic carbocycles. The number of allylic oxidation sites excluding steroid dienone is 3. The molecule has 0 rings (SSSR count). The van der Waals surface area contributed by atoms with E-state index in [-0.39, 0.29) is 18.9 Å². The molecule has 0 aliphatic heterocycles. The van der Waals surface area contributed by atoms with Gasteiger partial charge in [-0.3, -0.25) is 4.79 Å². The van der Waals surface area contributed by atoms with Crippen LogP contribution in [0.25, 0.3) is 0 Å². The maximum atomic E-state index is 12.3. The zero-order valence-corrected chi connectivity index (χ0v) is 26.5. The van der Waals surface area contributed by atoms with E-state index in [1.54, 1.807) is 6.08 Å². The van der Waals surface area contributed by atoms with Gasteiger partial charge in [-0.25, -0.2) is 0 Å². The summed E-state index contributed by atoms with van der Waals surface area (Å²) >= 11 is 0. The van der Waals surface area contributed by atoms with Gasteiger partial charge in [0.1, 0.15) is 0 Å². The Morgan fingerprint density at radius 1 is 0.625 bits per heavy atom. The van der Waals surface area contributed by atoms with Crippen LogP contribution in [0.3, 0.4) is 0 Å². The number of unbranched alkanes of at least 4 members (excludes halogenated alkanes) is 19. The van der Waals surface area contributed by atoms with Crippen LogP contribution >= 0.6 is 0 Å². The van der Waals surface area contributed by atoms with Gasteiger partial charge in [-0.2, -0.15) is 0 Å². The first-order valence-corrected chi connectivity index (χ1v) is 17.1. The van der Waals surface area contributed by atoms with Crippen LogP contribution in [0.5, 0.6) is 0 Å². The molecule has 1 amide bonds. The van der Waals surface area contributed by atoms with Crippen molar-refractivity contribution in [3.63, 3.8) is 0 Å². The van der Waals surface area contributed by atoms with E-state index in [1.807, 2.05) is 6.08 Å². The van der Waals surface area contributed by atoms with Crippen molar-refractivity contribution in [1.29, 1.82) is 0 Å². The summed E-state index contributed by atoms with van der Waals surface area (Å²) in [5.74, 6) is -0.328. The monoisotopic (exact) mass is 566 g/mol. The molecule has 0 heterocycles. The third-order valence-corrected chi connectivity index (χ3v) is 7.73. The van der Waals surface area contributed by atoms with Gasteiger partial charge in [0.15, 0.2) is 0 Å². The predicted octanol–water partition coefficient (Wildman–Crippen LogP) is 8.70. The Morgan fingerprint density at radius 3 is 1.52 bits per heavy atom. The number of hydrogen-bond acceptors (Lipinski definition) is 4. The lowest BCUT2D eigenvalue weighted by Gasteiger charge is -2.21. The topological polar surface area (TPSA) is 89.8 Å². The molecule has 0 saturated carbocycles. The fourth-order valence-corrected chi connectivity index (χ4v) is 5.04. The van der Waals surface area contributed by atoms with Crippen molar-refractivity contribution in [1.82, 2.24) is 5.32 Å². The predicted molar refractivity (Wildman–Crippen MR) is 171 cm³/mol. The molecule has 3 unspecified atom stereocenters. The zero-order valence-electron chi connectivity index (χ0n) is 26.5. The number of nitrogens with one attached hydrogen (secondary N) is 1. The summed E-state index contributed by atoms with van der Waals surface area (Å²) in [5, 5.41) is 32.8. The molecule has 0 fully saturated rings. The van der Waals surface area contributed by atoms with Crippen LogP contribution in [0.1, 0.15) is 168 Å². The van der Waals surface area contributed by atoms with Crippen molar-refractivity contribution in [2.24, 2.45) is 0 Å². The Labute approximate surface area is 248 Å². The van der Waals surface area contributed by atoms with E-state index >= 15 is 0 Å². The van der Waals surface area contributed by atoms with E-state index in [4.69, 9.17) is 0 Å². The molecule has 40 heavy (non-hydrogen) atoms. The summed E-state index contributed by atoms with van der Waals surface area (Å²) in [7, 11) is 0. The van der Waals surface area contributed by atoms with Crippen LogP contribution in [0, 0.1) is 0 Å². The van der Waals surface area contributed by atoms with Crippen molar-refractivity contribution >= 4 is 5.91 Å². The third kappa shape index (κ3) is 27.0. The van der Waals surface area contributed by atoms with Gasteiger partial charge in [0, 0.05) is 0 Å². The van der Waals surface area contributed by atoms with Crippen molar-refractivity contribution < 1.29 is 20.1 Å². The quantitative estimate of drug-likeness (QED) is 0.0518. The van der Waals surface area contributed by atoms with Crippen LogP contribution in [-0.2, 0) is 4.79 Å². The molecule has 0 radical (unpaired) electrons. The lowest BCUT2D eigenvalue weighted by molar-refractivity contribution is -0.124. The van der Waals surface area contributed by atoms with Crippen LogP contribution in [0.15, 0.2) is 24.3 Å². The minimum Gasteiger partial charge on any atom is -0.394 e. The molecule has 0 spiro atoms. The van der Waals surface area contributed by atoms with E-state index in [0.717, 1.165) is 38.5 Å². The molecule has 3 atom stereocenters. The maximum absolute atomic E-state index is 12.3. The molecule has 236 valence electrons. The Kier molecular flexibility index (Phi) is 29.9. The molecule has 0 aromatic rings. The van der Waals surface area contributed by atoms with Crippen LogP contribution in [0.2, 0.25) is 0 Å². The van der Waals surface area contributed by atoms with Gasteiger partial charge in [-0.05, 0) is 44.9 Å². The molecule has 4 N–H and O–H groups in total. The molecule has 5 heteroatoms. The van der Waals surface area contributed by atoms with E-state index < -0.39 is 18.2 Å². The van der Waals surface area contributed by atoms with E-state index in [1.165, 1.54) is 103 Å². The average molecular weight is 566 g/mol. The maximum Gasteiger partial charge on any atom is 0.222 e. The fraction of sp³-hybridized carbons (Fsp3) is 0.857. The Hall–Kier alpha value is -1.17. The summed E-state index contributed by atoms with van der Waals surface area (Å²) in [6.07, 6.45) is 34.4. The number of rotatable bonds is 30. The number of aliphatic hydroxyl groups is 3. The summed E-state index contributed by atoms with van der Waals surface area (Å²) < 4.78 is 0. The molecule has 0 aliphatic rings. The first kappa shape index (κ1) is 38.8. The lowest BCUT2D eigenvalue weighted by Crippen LogP contribution is -2.45. The van der Waals surface area contributed by atoms with Gasteiger partial charge in [-0.15, -0.1) is 0 Å². The second-order valence-electron chi connectivity index (χ2n) is 11.8. The molecular weight excluding hydrogens is 498 g/mol. The SMILES string of the molecule is CCCCCCCCC/C=C/C(O)C(CO)NC(=O)CC(O)CCCCC/C=C\CCCCCCCCCCC. The Bertz CT molecular complexity index is 592. The van der Waals surface area contributed by atoms with E-state index in [0.29, 0.717) is 6.42 Å². The summed E-state index contributed by atoms with van der Waals surface area (Å²) in [5.41, 5.74) is 0. The highest BCUT2D eigenvalue weighted by atomic mass is 16.3. The number of hydrogen-bond donors (Lipinski definition) is 4. The highest BCUT2D eigenvalue weighted by molar-refractivity contribution is 5.76. The lowest BCUT2D eigenvalue weighted by atomic mass is 10.0. The second kappa shape index (κ2) is 30.8. The van der Waals surface area contributed by atoms with Crippen molar-refractivity contribution in [2.75, 3.05) is 6.61 Å². The van der Waals surface area contributed by atoms with E-state index in [2.05, 4.69) is 31.3 Å². The van der Waals surface area contributed by atoms with Gasteiger partial charge in [0.25, 0.3) is 0 Å². The Balaban J connectivity index is 3.76. The average Bonchev–Trinajstić information content (AvgIpc) is 2.94. The normalized spacial score (nSPS) is 14.2. The van der Waals surface area contributed by atoms with Crippen molar-refractivity contribution in [2.45, 2.75) is 186 Å². The summed E-state index contributed by atoms with van der Waals surface area (Å²) in [6, 6.07) is -0.743. The number of aliphatic hydroxyl groups excluding tert-OH is 3. The van der Waals surface area contributed by atoms with Crippen LogP contribution in [-0.4, -0.2) is 46.1 Å². The van der Waals surface area contributed by atoms with Crippen LogP contribution in [0.4, 0.5) is 0 Å². The minimum absolute atomic E-state index is 0.00358. The molecule has 5 nitrogen and oxygen atoms in total. The summed E-state index contributed by atoms with van der Waals surface area (Å²) in [6.45, 7) is 4.15. The third-order valence-electron chi connectivity index (χ3n) is 7.73. The summed E-state index contributed by atoms with van der Waals surface area (Å²) in [4.78, 5) is 12.3. The van der Waals surface area contributed by atoms with Gasteiger partial charge in [0.2, 0.25) is 5.91 Å². The number of amides is 1. The Morgan fingerprint density at radius 2 is 1.05 bits per heavy atom. The highest BCUT2D eigenvalue weighted by Gasteiger charge is 2.20. The first-order valence-electron chi connectivity index (χ1n) is 17.1. The van der Waals surface area contributed by atoms with Crippen molar-refractivity contribution in [3.05, 3.63) is 24.3 Å². The zero-order chi connectivity index (χ0) is 29.5. The van der Waals surface area contributed by atoms with E-state index in [9.17, 15) is 20.1 Å². The molecule has 0 bridgehead atoms. The van der Waals surface area contributed by atoms with Gasteiger partial charge in [0.05, 0.1) is 31.3 Å². The number of carbonyl (C=O) groups is 1.